The maximum Gasteiger partial charge on any atom is 0.0929 e. The Morgan fingerprint density at radius 3 is 2.75 bits per heavy atom. The van der Waals surface area contributed by atoms with E-state index in [2.05, 4.69) is 5.10 Å². The third-order valence-corrected chi connectivity index (χ3v) is 3.49. The minimum atomic E-state index is -0.313. The Morgan fingerprint density at radius 1 is 1.56 bits per heavy atom. The number of nitrogens with zero attached hydrogens (tertiary/aromatic N) is 2. The fraction of sp³-hybridized carbons (Fsp3) is 0.727. The summed E-state index contributed by atoms with van der Waals surface area (Å²) in [5.74, 6) is 0. The van der Waals surface area contributed by atoms with E-state index in [1.165, 1.54) is 0 Å². The summed E-state index contributed by atoms with van der Waals surface area (Å²) in [6.07, 6.45) is 3.42. The van der Waals surface area contributed by atoms with Crippen LogP contribution in [0.3, 0.4) is 0 Å². The fourth-order valence-electron chi connectivity index (χ4n) is 2.32. The number of hydrogen-bond acceptors (Lipinski definition) is 4. The number of aryl methyl sites for hydroxylation is 1. The molecule has 0 bridgehead atoms. The summed E-state index contributed by atoms with van der Waals surface area (Å²) in [6.45, 7) is 1.42. The van der Waals surface area contributed by atoms with E-state index in [9.17, 15) is 0 Å². The smallest absolute Gasteiger partial charge is 0.0929 e. The summed E-state index contributed by atoms with van der Waals surface area (Å²) >= 11 is 0. The normalized spacial score (nSPS) is 21.9. The van der Waals surface area contributed by atoms with Gasteiger partial charge in [0.1, 0.15) is 0 Å². The van der Waals surface area contributed by atoms with E-state index in [1.54, 1.807) is 18.0 Å². The van der Waals surface area contributed by atoms with E-state index < -0.39 is 0 Å². The van der Waals surface area contributed by atoms with E-state index in [0.717, 1.165) is 18.5 Å². The molecule has 90 valence electrons. The molecule has 0 saturated carbocycles. The van der Waals surface area contributed by atoms with Crippen molar-refractivity contribution in [3.8, 4) is 0 Å². The minimum Gasteiger partial charge on any atom is -0.381 e. The van der Waals surface area contributed by atoms with Crippen LogP contribution in [0.1, 0.15) is 24.6 Å². The molecule has 1 fully saturated rings. The maximum atomic E-state index is 6.32. The highest BCUT2D eigenvalue weighted by molar-refractivity contribution is 5.13. The van der Waals surface area contributed by atoms with E-state index in [0.29, 0.717) is 13.2 Å². The molecule has 2 rings (SSSR count). The van der Waals surface area contributed by atoms with Gasteiger partial charge in [0, 0.05) is 46.4 Å². The van der Waals surface area contributed by atoms with Crippen molar-refractivity contribution in [1.29, 1.82) is 0 Å². The van der Waals surface area contributed by atoms with Crippen molar-refractivity contribution in [1.82, 2.24) is 9.78 Å². The molecule has 1 aliphatic rings. The summed E-state index contributed by atoms with van der Waals surface area (Å²) < 4.78 is 12.8. The molecule has 0 amide bonds. The Bertz CT molecular complexity index is 345. The highest BCUT2D eigenvalue weighted by Crippen LogP contribution is 2.35. The Balaban J connectivity index is 2.24. The Kier molecular flexibility index (Phi) is 3.28. The van der Waals surface area contributed by atoms with E-state index in [1.807, 2.05) is 13.1 Å². The van der Waals surface area contributed by atoms with Gasteiger partial charge in [-0.05, 0) is 6.07 Å². The van der Waals surface area contributed by atoms with Crippen LogP contribution in [0.5, 0.6) is 0 Å². The molecule has 16 heavy (non-hydrogen) atoms. The van der Waals surface area contributed by atoms with Crippen LogP contribution in [0, 0.1) is 0 Å². The molecule has 0 aliphatic carbocycles. The molecular weight excluding hydrogens is 206 g/mol. The highest BCUT2D eigenvalue weighted by Gasteiger charge is 2.40. The molecule has 1 aromatic rings. The zero-order valence-electron chi connectivity index (χ0n) is 9.85. The lowest BCUT2D eigenvalue weighted by Crippen LogP contribution is -2.47. The van der Waals surface area contributed by atoms with Crippen LogP contribution in [-0.2, 0) is 16.5 Å². The molecule has 2 N–H and O–H groups in total. The molecule has 0 radical (unpaired) electrons. The Labute approximate surface area is 95.5 Å². The summed E-state index contributed by atoms with van der Waals surface area (Å²) in [7, 11) is 3.62. The standard InChI is InChI=1S/C11H19N3O2/c1-14-9(3-6-13-14)10(12)11(15-2)4-7-16-8-5-11/h3,6,10H,4-5,7-8,12H2,1-2H3. The molecule has 1 atom stereocenters. The number of nitrogens with two attached hydrogens (primary N) is 1. The first-order valence-corrected chi connectivity index (χ1v) is 5.56. The van der Waals surface area contributed by atoms with Gasteiger partial charge in [0.05, 0.1) is 17.3 Å². The van der Waals surface area contributed by atoms with Gasteiger partial charge in [0.15, 0.2) is 0 Å². The predicted octanol–water partition coefficient (Wildman–Crippen LogP) is 0.615. The van der Waals surface area contributed by atoms with Crippen LogP contribution in [0.25, 0.3) is 0 Å². The molecule has 2 heterocycles. The first kappa shape index (κ1) is 11.6. The molecule has 1 aliphatic heterocycles. The monoisotopic (exact) mass is 225 g/mol. The summed E-state index contributed by atoms with van der Waals surface area (Å²) in [5, 5.41) is 4.15. The molecule has 1 saturated heterocycles. The van der Waals surface area contributed by atoms with Crippen molar-refractivity contribution < 1.29 is 9.47 Å². The third-order valence-electron chi connectivity index (χ3n) is 3.49. The Hall–Kier alpha value is -0.910. The number of aromatic nitrogens is 2. The largest absolute Gasteiger partial charge is 0.381 e. The number of hydrogen-bond donors (Lipinski definition) is 1. The van der Waals surface area contributed by atoms with Crippen LogP contribution in [0.15, 0.2) is 12.3 Å². The fourth-order valence-corrected chi connectivity index (χ4v) is 2.32. The zero-order chi connectivity index (χ0) is 11.6. The molecule has 0 spiro atoms. The van der Waals surface area contributed by atoms with Crippen LogP contribution < -0.4 is 5.73 Å². The lowest BCUT2D eigenvalue weighted by Gasteiger charge is -2.40. The van der Waals surface area contributed by atoms with Crippen molar-refractivity contribution in [2.24, 2.45) is 12.8 Å². The van der Waals surface area contributed by atoms with Crippen molar-refractivity contribution >= 4 is 0 Å². The summed E-state index contributed by atoms with van der Waals surface area (Å²) in [5.41, 5.74) is 7.01. The molecule has 0 aromatic carbocycles. The third kappa shape index (κ3) is 1.86. The van der Waals surface area contributed by atoms with Crippen molar-refractivity contribution in [2.75, 3.05) is 20.3 Å². The summed E-state index contributed by atoms with van der Waals surface area (Å²) in [4.78, 5) is 0. The molecule has 1 aromatic heterocycles. The average Bonchev–Trinajstić information content (AvgIpc) is 2.75. The van der Waals surface area contributed by atoms with Gasteiger partial charge in [-0.2, -0.15) is 5.10 Å². The lowest BCUT2D eigenvalue weighted by molar-refractivity contribution is -0.106. The molecular formula is C11H19N3O2. The average molecular weight is 225 g/mol. The number of methoxy groups -OCH3 is 1. The van der Waals surface area contributed by atoms with Gasteiger partial charge < -0.3 is 15.2 Å². The SMILES string of the molecule is COC1(C(N)c2ccnn2C)CCOCC1. The second kappa shape index (κ2) is 4.53. The highest BCUT2D eigenvalue weighted by atomic mass is 16.5. The maximum absolute atomic E-state index is 6.32. The van der Waals surface area contributed by atoms with Crippen molar-refractivity contribution in [3.05, 3.63) is 18.0 Å². The van der Waals surface area contributed by atoms with Crippen molar-refractivity contribution in [2.45, 2.75) is 24.5 Å². The predicted molar refractivity (Wildman–Crippen MR) is 59.9 cm³/mol. The molecule has 1 unspecified atom stereocenters. The first-order valence-electron chi connectivity index (χ1n) is 5.56. The zero-order valence-corrected chi connectivity index (χ0v) is 9.85. The van der Waals surface area contributed by atoms with Gasteiger partial charge in [0.2, 0.25) is 0 Å². The van der Waals surface area contributed by atoms with Crippen LogP contribution in [-0.4, -0.2) is 35.7 Å². The Morgan fingerprint density at radius 2 is 2.25 bits per heavy atom. The van der Waals surface area contributed by atoms with Crippen LogP contribution in [0.2, 0.25) is 0 Å². The second-order valence-electron chi connectivity index (χ2n) is 4.24. The molecule has 5 heteroatoms. The van der Waals surface area contributed by atoms with Gasteiger partial charge in [0.25, 0.3) is 0 Å². The van der Waals surface area contributed by atoms with Crippen LogP contribution >= 0.6 is 0 Å². The van der Waals surface area contributed by atoms with Gasteiger partial charge in [-0.25, -0.2) is 0 Å². The topological polar surface area (TPSA) is 62.3 Å². The van der Waals surface area contributed by atoms with Gasteiger partial charge >= 0.3 is 0 Å². The van der Waals surface area contributed by atoms with Gasteiger partial charge in [-0.1, -0.05) is 0 Å². The minimum absolute atomic E-state index is 0.158. The quantitative estimate of drug-likeness (QED) is 0.819. The van der Waals surface area contributed by atoms with E-state index in [4.69, 9.17) is 15.2 Å². The van der Waals surface area contributed by atoms with Crippen molar-refractivity contribution in [3.63, 3.8) is 0 Å². The van der Waals surface area contributed by atoms with E-state index in [-0.39, 0.29) is 11.6 Å². The number of rotatable bonds is 3. The van der Waals surface area contributed by atoms with Crippen LogP contribution in [0.4, 0.5) is 0 Å². The number of ether oxygens (including phenoxy) is 2. The van der Waals surface area contributed by atoms with Gasteiger partial charge in [-0.3, -0.25) is 4.68 Å². The van der Waals surface area contributed by atoms with Gasteiger partial charge in [-0.15, -0.1) is 0 Å². The second-order valence-corrected chi connectivity index (χ2v) is 4.24. The summed E-state index contributed by atoms with van der Waals surface area (Å²) in [6, 6.07) is 1.79. The lowest BCUT2D eigenvalue weighted by atomic mass is 9.84. The van der Waals surface area contributed by atoms with E-state index >= 15 is 0 Å². The molecule has 5 nitrogen and oxygen atoms in total. The first-order chi connectivity index (χ1) is 7.69.